The number of esters is 2. The Morgan fingerprint density at radius 1 is 1.21 bits per heavy atom. The number of benzene rings is 1. The summed E-state index contributed by atoms with van der Waals surface area (Å²) in [6.45, 7) is 0. The molecule has 1 rings (SSSR count). The SMILES string of the molecule is COC(=O)/C=C\C=C(\C(=O)OC)c1cccc(O)c1. The molecule has 0 heterocycles. The molecular weight excluding hydrogens is 248 g/mol. The Hall–Kier alpha value is -2.56. The number of phenolic OH excluding ortho intramolecular Hbond substituents is 1. The predicted octanol–water partition coefficient (Wildman–Crippen LogP) is 1.68. The highest BCUT2D eigenvalue weighted by molar-refractivity contribution is 6.16. The third-order valence-electron chi connectivity index (χ3n) is 2.26. The highest BCUT2D eigenvalue weighted by Crippen LogP contribution is 2.20. The Labute approximate surface area is 110 Å². The zero-order chi connectivity index (χ0) is 14.3. The van der Waals surface area contributed by atoms with E-state index >= 15 is 0 Å². The molecule has 0 aliphatic carbocycles. The molecule has 0 bridgehead atoms. The van der Waals surface area contributed by atoms with Crippen molar-refractivity contribution in [2.75, 3.05) is 14.2 Å². The van der Waals surface area contributed by atoms with Crippen molar-refractivity contribution in [1.82, 2.24) is 0 Å². The van der Waals surface area contributed by atoms with Gasteiger partial charge >= 0.3 is 11.9 Å². The molecule has 1 aromatic carbocycles. The van der Waals surface area contributed by atoms with Crippen molar-refractivity contribution in [3.8, 4) is 5.75 Å². The summed E-state index contributed by atoms with van der Waals surface area (Å²) in [5.74, 6) is -1.07. The van der Waals surface area contributed by atoms with E-state index in [2.05, 4.69) is 9.47 Å². The molecule has 0 saturated heterocycles. The van der Waals surface area contributed by atoms with E-state index in [1.165, 1.54) is 44.6 Å². The summed E-state index contributed by atoms with van der Waals surface area (Å²) in [5, 5.41) is 9.40. The number of hydrogen-bond acceptors (Lipinski definition) is 5. The van der Waals surface area contributed by atoms with E-state index in [-0.39, 0.29) is 11.3 Å². The minimum absolute atomic E-state index is 0.0317. The van der Waals surface area contributed by atoms with Crippen LogP contribution in [0.1, 0.15) is 5.56 Å². The van der Waals surface area contributed by atoms with Crippen LogP contribution in [-0.2, 0) is 19.1 Å². The van der Waals surface area contributed by atoms with Crippen LogP contribution in [0.15, 0.2) is 42.5 Å². The van der Waals surface area contributed by atoms with Gasteiger partial charge in [0.05, 0.1) is 19.8 Å². The Bertz CT molecular complexity index is 528. The lowest BCUT2D eigenvalue weighted by Crippen LogP contribution is -2.03. The second-order valence-corrected chi connectivity index (χ2v) is 3.50. The van der Waals surface area contributed by atoms with Gasteiger partial charge in [-0.05, 0) is 23.8 Å². The summed E-state index contributed by atoms with van der Waals surface area (Å²) < 4.78 is 9.08. The normalized spacial score (nSPS) is 11.4. The molecule has 1 N–H and O–H groups in total. The number of rotatable bonds is 4. The fourth-order valence-corrected chi connectivity index (χ4v) is 1.36. The van der Waals surface area contributed by atoms with Crippen molar-refractivity contribution in [2.45, 2.75) is 0 Å². The monoisotopic (exact) mass is 262 g/mol. The summed E-state index contributed by atoms with van der Waals surface area (Å²) in [6.07, 6.45) is 3.96. The van der Waals surface area contributed by atoms with Crippen LogP contribution in [-0.4, -0.2) is 31.3 Å². The van der Waals surface area contributed by atoms with Gasteiger partial charge in [-0.15, -0.1) is 0 Å². The molecule has 0 amide bonds. The standard InChI is InChI=1S/C14H14O5/c1-18-13(16)8-4-7-12(14(17)19-2)10-5-3-6-11(15)9-10/h3-9,15H,1-2H3/b8-4-,12-7+. The molecule has 0 atom stereocenters. The van der Waals surface area contributed by atoms with Crippen LogP contribution in [0.25, 0.3) is 5.57 Å². The average Bonchev–Trinajstić information content (AvgIpc) is 2.42. The first kappa shape index (κ1) is 14.5. The number of carbonyl (C=O) groups is 2. The van der Waals surface area contributed by atoms with Gasteiger partial charge in [0.15, 0.2) is 0 Å². The van der Waals surface area contributed by atoms with E-state index < -0.39 is 11.9 Å². The zero-order valence-corrected chi connectivity index (χ0v) is 10.6. The minimum Gasteiger partial charge on any atom is -0.508 e. The van der Waals surface area contributed by atoms with E-state index in [4.69, 9.17) is 0 Å². The van der Waals surface area contributed by atoms with Crippen molar-refractivity contribution in [3.63, 3.8) is 0 Å². The number of hydrogen-bond donors (Lipinski definition) is 1. The lowest BCUT2D eigenvalue weighted by Gasteiger charge is -2.05. The topological polar surface area (TPSA) is 72.8 Å². The maximum atomic E-state index is 11.6. The van der Waals surface area contributed by atoms with Crippen molar-refractivity contribution in [3.05, 3.63) is 48.1 Å². The van der Waals surface area contributed by atoms with Gasteiger partial charge in [0.1, 0.15) is 5.75 Å². The molecule has 0 aliphatic heterocycles. The van der Waals surface area contributed by atoms with Gasteiger partial charge in [0.2, 0.25) is 0 Å². The third-order valence-corrected chi connectivity index (χ3v) is 2.26. The van der Waals surface area contributed by atoms with Crippen LogP contribution in [0, 0.1) is 0 Å². The molecule has 0 saturated carbocycles. The number of allylic oxidation sites excluding steroid dienone is 2. The van der Waals surface area contributed by atoms with Crippen LogP contribution in [0.4, 0.5) is 0 Å². The average molecular weight is 262 g/mol. The maximum Gasteiger partial charge on any atom is 0.338 e. The first-order chi connectivity index (χ1) is 9.08. The summed E-state index contributed by atoms with van der Waals surface area (Å²) in [4.78, 5) is 22.6. The fourth-order valence-electron chi connectivity index (χ4n) is 1.36. The Kier molecular flexibility index (Phi) is 5.35. The van der Waals surface area contributed by atoms with Crippen molar-refractivity contribution in [1.29, 1.82) is 0 Å². The quantitative estimate of drug-likeness (QED) is 0.507. The van der Waals surface area contributed by atoms with Crippen molar-refractivity contribution >= 4 is 17.5 Å². The van der Waals surface area contributed by atoms with Gasteiger partial charge in [-0.3, -0.25) is 0 Å². The van der Waals surface area contributed by atoms with Crippen molar-refractivity contribution < 1.29 is 24.2 Å². The number of methoxy groups -OCH3 is 2. The van der Waals surface area contributed by atoms with E-state index in [0.717, 1.165) is 0 Å². The molecule has 0 unspecified atom stereocenters. The molecule has 0 fully saturated rings. The second kappa shape index (κ2) is 7.00. The largest absolute Gasteiger partial charge is 0.508 e. The highest BCUT2D eigenvalue weighted by Gasteiger charge is 2.11. The molecule has 0 radical (unpaired) electrons. The molecule has 5 heteroatoms. The van der Waals surface area contributed by atoms with Crippen LogP contribution in [0.5, 0.6) is 5.75 Å². The summed E-state index contributed by atoms with van der Waals surface area (Å²) >= 11 is 0. The zero-order valence-electron chi connectivity index (χ0n) is 10.6. The van der Waals surface area contributed by atoms with E-state index in [1.807, 2.05) is 0 Å². The van der Waals surface area contributed by atoms with Crippen molar-refractivity contribution in [2.24, 2.45) is 0 Å². The molecule has 100 valence electrons. The van der Waals surface area contributed by atoms with Gasteiger partial charge in [-0.2, -0.15) is 0 Å². The van der Waals surface area contributed by atoms with E-state index in [0.29, 0.717) is 5.56 Å². The predicted molar refractivity (Wildman–Crippen MR) is 69.3 cm³/mol. The lowest BCUT2D eigenvalue weighted by molar-refractivity contribution is -0.135. The molecule has 0 aliphatic rings. The molecule has 5 nitrogen and oxygen atoms in total. The van der Waals surface area contributed by atoms with E-state index in [1.54, 1.807) is 12.1 Å². The maximum absolute atomic E-state index is 11.6. The van der Waals surface area contributed by atoms with Gasteiger partial charge in [-0.1, -0.05) is 18.2 Å². The third kappa shape index (κ3) is 4.31. The Morgan fingerprint density at radius 3 is 2.53 bits per heavy atom. The van der Waals surface area contributed by atoms with Crippen LogP contribution >= 0.6 is 0 Å². The van der Waals surface area contributed by atoms with Crippen LogP contribution in [0.2, 0.25) is 0 Å². The number of aromatic hydroxyl groups is 1. The molecule has 1 aromatic rings. The van der Waals surface area contributed by atoms with Gasteiger partial charge in [0.25, 0.3) is 0 Å². The van der Waals surface area contributed by atoms with Gasteiger partial charge < -0.3 is 14.6 Å². The summed E-state index contributed by atoms with van der Waals surface area (Å²) in [5.41, 5.74) is 0.708. The number of phenols is 1. The first-order valence-electron chi connectivity index (χ1n) is 5.42. The smallest absolute Gasteiger partial charge is 0.338 e. The van der Waals surface area contributed by atoms with Gasteiger partial charge in [-0.25, -0.2) is 9.59 Å². The molecule has 0 aromatic heterocycles. The fraction of sp³-hybridized carbons (Fsp3) is 0.143. The van der Waals surface area contributed by atoms with Crippen LogP contribution in [0.3, 0.4) is 0 Å². The first-order valence-corrected chi connectivity index (χ1v) is 5.42. The lowest BCUT2D eigenvalue weighted by atomic mass is 10.1. The Balaban J connectivity index is 3.09. The number of ether oxygens (including phenoxy) is 2. The molecule has 0 spiro atoms. The molecular formula is C14H14O5. The Morgan fingerprint density at radius 2 is 1.95 bits per heavy atom. The van der Waals surface area contributed by atoms with Crippen LogP contribution < -0.4 is 0 Å². The van der Waals surface area contributed by atoms with Gasteiger partial charge in [0, 0.05) is 6.08 Å². The number of carbonyl (C=O) groups excluding carboxylic acids is 2. The minimum atomic E-state index is -0.569. The van der Waals surface area contributed by atoms with E-state index in [9.17, 15) is 14.7 Å². The molecule has 19 heavy (non-hydrogen) atoms. The second-order valence-electron chi connectivity index (χ2n) is 3.50. The summed E-state index contributed by atoms with van der Waals surface area (Å²) in [7, 11) is 2.51. The summed E-state index contributed by atoms with van der Waals surface area (Å²) in [6, 6.07) is 6.16. The highest BCUT2D eigenvalue weighted by atomic mass is 16.5.